The predicted molar refractivity (Wildman–Crippen MR) is 113 cm³/mol. The van der Waals surface area contributed by atoms with E-state index in [0.29, 0.717) is 39.7 Å². The molecule has 0 aliphatic heterocycles. The van der Waals surface area contributed by atoms with Crippen LogP contribution < -0.4 is 42.0 Å². The Hall–Kier alpha value is -2.47. The molecule has 0 fully saturated rings. The molecule has 2 N–H and O–H groups in total. The molecule has 0 aliphatic carbocycles. The number of nitrogens with zero attached hydrogens (tertiary/aromatic N) is 2. The van der Waals surface area contributed by atoms with Crippen LogP contribution in [0.4, 0.5) is 0 Å². The van der Waals surface area contributed by atoms with Gasteiger partial charge in [-0.3, -0.25) is 0 Å². The number of para-hydroxylation sites is 1. The van der Waals surface area contributed by atoms with E-state index in [4.69, 9.17) is 9.72 Å². The van der Waals surface area contributed by atoms with Crippen molar-refractivity contribution in [2.75, 3.05) is 7.11 Å². The average molecular weight is 546 g/mol. The summed E-state index contributed by atoms with van der Waals surface area (Å²) in [5, 5.41) is 20.6. The van der Waals surface area contributed by atoms with E-state index in [1.54, 1.807) is 25.3 Å². The first-order valence-electron chi connectivity index (χ1n) is 9.17. The topological polar surface area (TPSA) is 75.5 Å². The van der Waals surface area contributed by atoms with Crippen LogP contribution in [0.2, 0.25) is 0 Å². The molecule has 0 atom stereocenters. The maximum absolute atomic E-state index is 10.4. The summed E-state index contributed by atoms with van der Waals surface area (Å²) in [6, 6.07) is 21.8. The van der Waals surface area contributed by atoms with E-state index in [1.807, 2.05) is 61.5 Å². The van der Waals surface area contributed by atoms with Crippen LogP contribution in [-0.2, 0) is 17.1 Å². The van der Waals surface area contributed by atoms with Crippen molar-refractivity contribution < 1.29 is 69.2 Å². The second-order valence-electron chi connectivity index (χ2n) is 6.67. The molecular formula is C24H20Cl3MnN2O3. The smallest absolute Gasteiger partial charge is 1.00 e. The quantitative estimate of drug-likeness (QED) is 0.258. The fourth-order valence-electron chi connectivity index (χ4n) is 3.17. The minimum atomic E-state index is 0. The molecule has 2 aromatic carbocycles. The molecule has 4 aromatic rings. The van der Waals surface area contributed by atoms with Gasteiger partial charge in [0.15, 0.2) is 0 Å². The summed E-state index contributed by atoms with van der Waals surface area (Å²) in [5.74, 6) is 0.988. The molecule has 0 aliphatic rings. The molecular weight excluding hydrogens is 526 g/mol. The van der Waals surface area contributed by atoms with Crippen molar-refractivity contribution in [3.8, 4) is 51.2 Å². The van der Waals surface area contributed by atoms with Gasteiger partial charge in [0.2, 0.25) is 0 Å². The van der Waals surface area contributed by atoms with E-state index in [9.17, 15) is 10.2 Å². The average Bonchev–Trinajstić information content (AvgIpc) is 2.76. The van der Waals surface area contributed by atoms with Crippen molar-refractivity contribution in [1.82, 2.24) is 9.97 Å². The Kier molecular flexibility index (Phi) is 12.3. The van der Waals surface area contributed by atoms with E-state index >= 15 is 0 Å². The van der Waals surface area contributed by atoms with Crippen molar-refractivity contribution in [2.45, 2.75) is 6.92 Å². The first-order valence-corrected chi connectivity index (χ1v) is 9.17. The van der Waals surface area contributed by atoms with E-state index in [2.05, 4.69) is 4.98 Å². The molecule has 0 saturated heterocycles. The first kappa shape index (κ1) is 30.5. The molecule has 0 bridgehead atoms. The molecule has 2 heterocycles. The van der Waals surface area contributed by atoms with Crippen molar-refractivity contribution in [1.29, 1.82) is 0 Å². The summed E-state index contributed by atoms with van der Waals surface area (Å²) in [5.41, 5.74) is 4.67. The third-order valence-corrected chi connectivity index (χ3v) is 4.75. The van der Waals surface area contributed by atoms with Crippen LogP contribution in [-0.4, -0.2) is 27.3 Å². The number of hydrogen-bond donors (Lipinski definition) is 2. The molecule has 0 radical (unpaired) electrons. The number of benzene rings is 2. The molecule has 0 spiro atoms. The van der Waals surface area contributed by atoms with E-state index in [0.717, 1.165) is 5.56 Å². The molecule has 0 saturated carbocycles. The van der Waals surface area contributed by atoms with Crippen LogP contribution in [0.15, 0.2) is 72.8 Å². The zero-order valence-corrected chi connectivity index (χ0v) is 21.1. The minimum Gasteiger partial charge on any atom is -1.00 e. The van der Waals surface area contributed by atoms with Gasteiger partial charge in [0, 0.05) is 11.1 Å². The van der Waals surface area contributed by atoms with Crippen LogP contribution in [0.3, 0.4) is 0 Å². The largest absolute Gasteiger partial charge is 3.00 e. The summed E-state index contributed by atoms with van der Waals surface area (Å²) in [6.07, 6.45) is 0. The van der Waals surface area contributed by atoms with Gasteiger partial charge in [-0.25, -0.2) is 9.97 Å². The van der Waals surface area contributed by atoms with Crippen LogP contribution in [0, 0.1) is 6.92 Å². The van der Waals surface area contributed by atoms with Crippen LogP contribution in [0.1, 0.15) is 5.56 Å². The number of hydrogen-bond acceptors (Lipinski definition) is 5. The van der Waals surface area contributed by atoms with Gasteiger partial charge in [0.05, 0.1) is 29.9 Å². The second-order valence-corrected chi connectivity index (χ2v) is 6.67. The Bertz CT molecular complexity index is 1210. The first-order chi connectivity index (χ1) is 14.1. The molecule has 5 nitrogen and oxygen atoms in total. The standard InChI is InChI=1S/C24H20N2O3.3ClH.Mn/c1-15-6-3-7-17(24(15)28)19-8-4-10-21(25-19)22-11-5-9-20(26-22)18-14-16(29-2)12-13-23(18)27;;;;/h3-14,27-28H,1-2H3;3*1H;/q;;;;+3/p-3. The SMILES string of the molecule is COc1ccc(O)c(-c2cccc(-c3cccc(-c4cccc(C)c4O)n3)n2)c1.[Cl-].[Cl-].[Cl-].[Mn+3]. The number of phenols is 2. The number of methoxy groups -OCH3 is 1. The molecule has 2 aromatic heterocycles. The molecule has 33 heavy (non-hydrogen) atoms. The monoisotopic (exact) mass is 544 g/mol. The molecule has 4 rings (SSSR count). The maximum Gasteiger partial charge on any atom is 3.00 e. The number of ether oxygens (including phenoxy) is 1. The number of pyridine rings is 2. The normalized spacial score (nSPS) is 9.39. The van der Waals surface area contributed by atoms with Gasteiger partial charge >= 0.3 is 17.1 Å². The van der Waals surface area contributed by atoms with Crippen molar-refractivity contribution in [3.63, 3.8) is 0 Å². The number of aromatic nitrogens is 2. The summed E-state index contributed by atoms with van der Waals surface area (Å²) in [6.45, 7) is 1.86. The maximum atomic E-state index is 10.4. The Morgan fingerprint density at radius 3 is 1.76 bits per heavy atom. The van der Waals surface area contributed by atoms with Crippen molar-refractivity contribution in [2.24, 2.45) is 0 Å². The molecule has 0 unspecified atom stereocenters. The van der Waals surface area contributed by atoms with Gasteiger partial charge in [-0.15, -0.1) is 0 Å². The zero-order valence-electron chi connectivity index (χ0n) is 17.6. The van der Waals surface area contributed by atoms with Gasteiger partial charge in [0.25, 0.3) is 0 Å². The predicted octanol–water partition coefficient (Wildman–Crippen LogP) is -3.78. The van der Waals surface area contributed by atoms with Crippen LogP contribution >= 0.6 is 0 Å². The van der Waals surface area contributed by atoms with Gasteiger partial charge in [0.1, 0.15) is 17.2 Å². The molecule has 172 valence electrons. The Balaban J connectivity index is 0.00000256. The van der Waals surface area contributed by atoms with Crippen LogP contribution in [0.5, 0.6) is 17.2 Å². The third kappa shape index (κ3) is 6.53. The fraction of sp³-hybridized carbons (Fsp3) is 0.0833. The van der Waals surface area contributed by atoms with Crippen LogP contribution in [0.25, 0.3) is 33.9 Å². The Morgan fingerprint density at radius 1 is 0.667 bits per heavy atom. The summed E-state index contributed by atoms with van der Waals surface area (Å²) < 4.78 is 5.26. The number of aryl methyl sites for hydroxylation is 1. The van der Waals surface area contributed by atoms with Gasteiger partial charge in [-0.2, -0.15) is 0 Å². The Labute approximate surface area is 222 Å². The number of rotatable bonds is 4. The van der Waals surface area contributed by atoms with Gasteiger partial charge in [-0.05, 0) is 61.0 Å². The number of phenolic OH excluding ortho intramolecular Hbond substituents is 2. The minimum absolute atomic E-state index is 0. The fourth-order valence-corrected chi connectivity index (χ4v) is 3.17. The summed E-state index contributed by atoms with van der Waals surface area (Å²) >= 11 is 0. The number of aromatic hydroxyl groups is 2. The van der Waals surface area contributed by atoms with Gasteiger partial charge < -0.3 is 52.2 Å². The molecule has 9 heteroatoms. The van der Waals surface area contributed by atoms with E-state index < -0.39 is 0 Å². The Morgan fingerprint density at radius 2 is 1.18 bits per heavy atom. The summed E-state index contributed by atoms with van der Waals surface area (Å²) in [4.78, 5) is 9.38. The van der Waals surface area contributed by atoms with Gasteiger partial charge in [-0.1, -0.05) is 24.3 Å². The van der Waals surface area contributed by atoms with E-state index in [-0.39, 0.29) is 65.8 Å². The number of halogens is 3. The summed E-state index contributed by atoms with van der Waals surface area (Å²) in [7, 11) is 1.58. The molecule has 0 amide bonds. The zero-order chi connectivity index (χ0) is 20.4. The third-order valence-electron chi connectivity index (χ3n) is 4.75. The second kappa shape index (κ2) is 13.3. The van der Waals surface area contributed by atoms with E-state index in [1.165, 1.54) is 0 Å². The van der Waals surface area contributed by atoms with Crippen molar-refractivity contribution in [3.05, 3.63) is 78.4 Å². The van der Waals surface area contributed by atoms with Crippen molar-refractivity contribution >= 4 is 0 Å².